The minimum atomic E-state index is -4.38. The van der Waals surface area contributed by atoms with Crippen LogP contribution in [0.5, 0.6) is 0 Å². The summed E-state index contributed by atoms with van der Waals surface area (Å²) in [6.07, 6.45) is -3.99. The fourth-order valence-electron chi connectivity index (χ4n) is 2.26. The van der Waals surface area contributed by atoms with Gasteiger partial charge in [0.05, 0.1) is 5.56 Å². The monoisotopic (exact) mass is 279 g/mol. The van der Waals surface area contributed by atoms with Gasteiger partial charge >= 0.3 is 6.18 Å². The molecular formula is C16H16F3N. The molecule has 0 fully saturated rings. The first-order chi connectivity index (χ1) is 9.39. The van der Waals surface area contributed by atoms with E-state index in [1.807, 2.05) is 31.2 Å². The molecule has 20 heavy (non-hydrogen) atoms. The second-order valence-electron chi connectivity index (χ2n) is 4.82. The molecule has 1 nitrogen and oxygen atoms in total. The van der Waals surface area contributed by atoms with Crippen molar-refractivity contribution in [2.45, 2.75) is 25.6 Å². The van der Waals surface area contributed by atoms with Crippen molar-refractivity contribution in [1.29, 1.82) is 0 Å². The molecule has 0 aliphatic rings. The van der Waals surface area contributed by atoms with Crippen LogP contribution in [0.4, 0.5) is 13.2 Å². The molecule has 2 N–H and O–H groups in total. The van der Waals surface area contributed by atoms with Gasteiger partial charge in [0, 0.05) is 6.04 Å². The molecule has 0 amide bonds. The van der Waals surface area contributed by atoms with Gasteiger partial charge in [-0.3, -0.25) is 0 Å². The van der Waals surface area contributed by atoms with Gasteiger partial charge in [-0.2, -0.15) is 13.2 Å². The summed E-state index contributed by atoms with van der Waals surface area (Å²) in [7, 11) is 0. The molecule has 0 saturated heterocycles. The molecule has 2 rings (SSSR count). The SMILES string of the molecule is Cc1ccccc1CC(N)c1ccccc1C(F)(F)F. The first-order valence-corrected chi connectivity index (χ1v) is 6.36. The van der Waals surface area contributed by atoms with Gasteiger partial charge in [-0.1, -0.05) is 42.5 Å². The average Bonchev–Trinajstić information content (AvgIpc) is 2.40. The minimum absolute atomic E-state index is 0.142. The van der Waals surface area contributed by atoms with Gasteiger partial charge in [-0.15, -0.1) is 0 Å². The van der Waals surface area contributed by atoms with E-state index in [2.05, 4.69) is 0 Å². The summed E-state index contributed by atoms with van der Waals surface area (Å²) in [5.74, 6) is 0. The third-order valence-corrected chi connectivity index (χ3v) is 3.37. The van der Waals surface area contributed by atoms with Crippen molar-refractivity contribution >= 4 is 0 Å². The maximum Gasteiger partial charge on any atom is 0.416 e. The van der Waals surface area contributed by atoms with Gasteiger partial charge < -0.3 is 5.73 Å². The van der Waals surface area contributed by atoms with Crippen molar-refractivity contribution in [3.8, 4) is 0 Å². The van der Waals surface area contributed by atoms with Crippen LogP contribution in [0, 0.1) is 6.92 Å². The Morgan fingerprint density at radius 2 is 1.60 bits per heavy atom. The summed E-state index contributed by atoms with van der Waals surface area (Å²) in [5.41, 5.74) is 7.49. The van der Waals surface area contributed by atoms with E-state index in [4.69, 9.17) is 5.73 Å². The van der Waals surface area contributed by atoms with Crippen LogP contribution in [0.15, 0.2) is 48.5 Å². The average molecular weight is 279 g/mol. The van der Waals surface area contributed by atoms with Crippen LogP contribution in [-0.4, -0.2) is 0 Å². The fourth-order valence-corrected chi connectivity index (χ4v) is 2.26. The molecule has 0 heterocycles. The normalized spacial score (nSPS) is 13.2. The molecule has 0 radical (unpaired) electrons. The fraction of sp³-hybridized carbons (Fsp3) is 0.250. The number of hydrogen-bond donors (Lipinski definition) is 1. The highest BCUT2D eigenvalue weighted by Gasteiger charge is 2.34. The third kappa shape index (κ3) is 3.20. The van der Waals surface area contributed by atoms with E-state index in [1.165, 1.54) is 12.1 Å². The van der Waals surface area contributed by atoms with Crippen molar-refractivity contribution in [2.24, 2.45) is 5.73 Å². The Hall–Kier alpha value is -1.81. The number of alkyl halides is 3. The lowest BCUT2D eigenvalue weighted by Crippen LogP contribution is -2.19. The first-order valence-electron chi connectivity index (χ1n) is 6.36. The molecule has 2 aromatic rings. The van der Waals surface area contributed by atoms with Gasteiger partial charge in [-0.25, -0.2) is 0 Å². The second-order valence-corrected chi connectivity index (χ2v) is 4.82. The zero-order chi connectivity index (χ0) is 14.8. The summed E-state index contributed by atoms with van der Waals surface area (Å²) < 4.78 is 38.9. The molecule has 0 bridgehead atoms. The van der Waals surface area contributed by atoms with Gasteiger partial charge in [0.25, 0.3) is 0 Å². The van der Waals surface area contributed by atoms with E-state index >= 15 is 0 Å². The van der Waals surface area contributed by atoms with Crippen molar-refractivity contribution < 1.29 is 13.2 Å². The summed E-state index contributed by atoms with van der Waals surface area (Å²) in [4.78, 5) is 0. The number of hydrogen-bond acceptors (Lipinski definition) is 1. The highest BCUT2D eigenvalue weighted by atomic mass is 19.4. The van der Waals surface area contributed by atoms with Crippen molar-refractivity contribution in [2.75, 3.05) is 0 Å². The van der Waals surface area contributed by atoms with Crippen molar-refractivity contribution in [3.05, 3.63) is 70.8 Å². The topological polar surface area (TPSA) is 26.0 Å². The van der Waals surface area contributed by atoms with Gasteiger partial charge in [0.15, 0.2) is 0 Å². The van der Waals surface area contributed by atoms with Crippen LogP contribution in [0.3, 0.4) is 0 Å². The zero-order valence-electron chi connectivity index (χ0n) is 11.1. The lowest BCUT2D eigenvalue weighted by atomic mass is 9.93. The third-order valence-electron chi connectivity index (χ3n) is 3.37. The predicted octanol–water partition coefficient (Wildman–Crippen LogP) is 4.26. The quantitative estimate of drug-likeness (QED) is 0.892. The van der Waals surface area contributed by atoms with Crippen LogP contribution >= 0.6 is 0 Å². The van der Waals surface area contributed by atoms with E-state index in [9.17, 15) is 13.2 Å². The van der Waals surface area contributed by atoms with Crippen LogP contribution in [0.25, 0.3) is 0 Å². The summed E-state index contributed by atoms with van der Waals surface area (Å²) in [6, 6.07) is 12.4. The van der Waals surface area contributed by atoms with E-state index in [1.54, 1.807) is 6.07 Å². The van der Waals surface area contributed by atoms with Crippen molar-refractivity contribution in [3.63, 3.8) is 0 Å². The van der Waals surface area contributed by atoms with E-state index in [0.29, 0.717) is 6.42 Å². The van der Waals surface area contributed by atoms with Crippen LogP contribution in [-0.2, 0) is 12.6 Å². The molecule has 1 unspecified atom stereocenters. The summed E-state index contributed by atoms with van der Waals surface area (Å²) in [6.45, 7) is 1.93. The Morgan fingerprint density at radius 3 is 2.25 bits per heavy atom. The van der Waals surface area contributed by atoms with E-state index in [-0.39, 0.29) is 5.56 Å². The molecule has 0 aliphatic carbocycles. The molecule has 2 aromatic carbocycles. The maximum atomic E-state index is 13.0. The molecule has 1 atom stereocenters. The first kappa shape index (κ1) is 14.6. The molecule has 106 valence electrons. The Kier molecular flexibility index (Phi) is 4.14. The molecule has 0 saturated carbocycles. The lowest BCUT2D eigenvalue weighted by molar-refractivity contribution is -0.138. The Bertz CT molecular complexity index is 590. The molecule has 0 aromatic heterocycles. The summed E-state index contributed by atoms with van der Waals surface area (Å²) in [5, 5.41) is 0. The minimum Gasteiger partial charge on any atom is -0.324 e. The largest absolute Gasteiger partial charge is 0.416 e. The van der Waals surface area contributed by atoms with Crippen LogP contribution in [0.2, 0.25) is 0 Å². The number of benzene rings is 2. The zero-order valence-corrected chi connectivity index (χ0v) is 11.1. The standard InChI is InChI=1S/C16H16F3N/c1-11-6-2-3-7-12(11)10-15(20)13-8-4-5-9-14(13)16(17,18)19/h2-9,15H,10,20H2,1H3. The Labute approximate surface area is 116 Å². The molecule has 4 heteroatoms. The molecular weight excluding hydrogens is 263 g/mol. The second kappa shape index (κ2) is 5.67. The highest BCUT2D eigenvalue weighted by molar-refractivity contribution is 5.35. The van der Waals surface area contributed by atoms with Gasteiger partial charge in [-0.05, 0) is 36.1 Å². The number of rotatable bonds is 3. The molecule has 0 spiro atoms. The number of nitrogens with two attached hydrogens (primary N) is 1. The highest BCUT2D eigenvalue weighted by Crippen LogP contribution is 2.34. The number of aryl methyl sites for hydroxylation is 1. The van der Waals surface area contributed by atoms with Crippen molar-refractivity contribution in [1.82, 2.24) is 0 Å². The summed E-state index contributed by atoms with van der Waals surface area (Å²) >= 11 is 0. The Morgan fingerprint density at radius 1 is 1.00 bits per heavy atom. The van der Waals surface area contributed by atoms with Gasteiger partial charge in [0.2, 0.25) is 0 Å². The maximum absolute atomic E-state index is 13.0. The van der Waals surface area contributed by atoms with E-state index < -0.39 is 17.8 Å². The molecule has 0 aliphatic heterocycles. The number of halogens is 3. The van der Waals surface area contributed by atoms with Crippen LogP contribution < -0.4 is 5.73 Å². The lowest BCUT2D eigenvalue weighted by Gasteiger charge is -2.19. The van der Waals surface area contributed by atoms with E-state index in [0.717, 1.165) is 17.2 Å². The van der Waals surface area contributed by atoms with Crippen LogP contribution in [0.1, 0.15) is 28.3 Å². The van der Waals surface area contributed by atoms with Gasteiger partial charge in [0.1, 0.15) is 0 Å². The Balaban J connectivity index is 2.31. The smallest absolute Gasteiger partial charge is 0.324 e. The predicted molar refractivity (Wildman–Crippen MR) is 73.3 cm³/mol.